The van der Waals surface area contributed by atoms with Gasteiger partial charge in [-0.2, -0.15) is 5.10 Å². The van der Waals surface area contributed by atoms with Crippen LogP contribution in [0.1, 0.15) is 51.1 Å². The van der Waals surface area contributed by atoms with Crippen LogP contribution in [0.5, 0.6) is 0 Å². The zero-order valence-electron chi connectivity index (χ0n) is 15.9. The molecule has 1 atom stereocenters. The number of aliphatic imine (C=N–C) groups is 1. The van der Waals surface area contributed by atoms with Crippen LogP contribution in [-0.2, 0) is 7.05 Å². The summed E-state index contributed by atoms with van der Waals surface area (Å²) in [7, 11) is 6.14. The Kier molecular flexibility index (Phi) is 7.09. The minimum atomic E-state index is 0.237. The van der Waals surface area contributed by atoms with Gasteiger partial charge in [0.15, 0.2) is 5.96 Å². The Hall–Kier alpha value is -1.56. The molecule has 0 aliphatic heterocycles. The molecule has 24 heavy (non-hydrogen) atoms. The number of aryl methyl sites for hydroxylation is 1. The molecule has 1 aromatic heterocycles. The lowest BCUT2D eigenvalue weighted by molar-refractivity contribution is 0.305. The number of nitrogens with zero attached hydrogens (tertiary/aromatic N) is 4. The fourth-order valence-corrected chi connectivity index (χ4v) is 3.27. The largest absolute Gasteiger partial charge is 0.357 e. The van der Waals surface area contributed by atoms with Crippen LogP contribution in [0.2, 0.25) is 0 Å². The first kappa shape index (κ1) is 18.8. The van der Waals surface area contributed by atoms with Gasteiger partial charge >= 0.3 is 0 Å². The van der Waals surface area contributed by atoms with E-state index in [9.17, 15) is 0 Å². The normalized spacial score (nSPS) is 23.3. The lowest BCUT2D eigenvalue weighted by atomic mass is 9.87. The molecule has 1 saturated carbocycles. The van der Waals surface area contributed by atoms with Gasteiger partial charge in [0.1, 0.15) is 0 Å². The lowest BCUT2D eigenvalue weighted by Crippen LogP contribution is -2.45. The first-order valence-corrected chi connectivity index (χ1v) is 9.19. The SMILES string of the molecule is CCNC(=NCC(c1cnn(C)c1)N(C)C)NC1CCC(C)CC1. The van der Waals surface area contributed by atoms with Crippen molar-refractivity contribution >= 4 is 5.96 Å². The second kappa shape index (κ2) is 9.06. The fourth-order valence-electron chi connectivity index (χ4n) is 3.27. The molecule has 6 heteroatoms. The third-order valence-electron chi connectivity index (χ3n) is 4.86. The number of aromatic nitrogens is 2. The first-order chi connectivity index (χ1) is 11.5. The van der Waals surface area contributed by atoms with Gasteiger partial charge in [-0.3, -0.25) is 9.67 Å². The summed E-state index contributed by atoms with van der Waals surface area (Å²) in [6.07, 6.45) is 9.11. The molecule has 1 fully saturated rings. The quantitative estimate of drug-likeness (QED) is 0.618. The van der Waals surface area contributed by atoms with Gasteiger partial charge in [0.05, 0.1) is 18.8 Å². The predicted octanol–water partition coefficient (Wildman–Crippen LogP) is 2.16. The van der Waals surface area contributed by atoms with Crippen molar-refractivity contribution in [2.75, 3.05) is 27.2 Å². The Morgan fingerprint density at radius 2 is 2.08 bits per heavy atom. The maximum absolute atomic E-state index is 4.85. The van der Waals surface area contributed by atoms with E-state index in [1.54, 1.807) is 0 Å². The van der Waals surface area contributed by atoms with E-state index in [2.05, 4.69) is 54.8 Å². The molecule has 1 aromatic rings. The highest BCUT2D eigenvalue weighted by Gasteiger charge is 2.20. The van der Waals surface area contributed by atoms with Crippen LogP contribution in [0.25, 0.3) is 0 Å². The fraction of sp³-hybridized carbons (Fsp3) is 0.778. The van der Waals surface area contributed by atoms with Crippen molar-refractivity contribution in [3.8, 4) is 0 Å². The van der Waals surface area contributed by atoms with Gasteiger partial charge in [0.2, 0.25) is 0 Å². The molecule has 136 valence electrons. The van der Waals surface area contributed by atoms with E-state index in [0.29, 0.717) is 6.04 Å². The number of guanidine groups is 1. The molecule has 1 aliphatic carbocycles. The van der Waals surface area contributed by atoms with E-state index in [0.717, 1.165) is 25.0 Å². The molecule has 0 radical (unpaired) electrons. The number of hydrogen-bond acceptors (Lipinski definition) is 3. The molecule has 1 heterocycles. The van der Waals surface area contributed by atoms with Crippen LogP contribution in [0.15, 0.2) is 17.4 Å². The molecule has 0 aromatic carbocycles. The van der Waals surface area contributed by atoms with Crippen LogP contribution in [0.4, 0.5) is 0 Å². The topological polar surface area (TPSA) is 57.5 Å². The minimum Gasteiger partial charge on any atom is -0.357 e. The second-order valence-electron chi connectivity index (χ2n) is 7.25. The summed E-state index contributed by atoms with van der Waals surface area (Å²) >= 11 is 0. The Bertz CT molecular complexity index is 513. The highest BCUT2D eigenvalue weighted by atomic mass is 15.3. The average molecular weight is 335 g/mol. The van der Waals surface area contributed by atoms with Crippen LogP contribution in [0.3, 0.4) is 0 Å². The van der Waals surface area contributed by atoms with E-state index < -0.39 is 0 Å². The van der Waals surface area contributed by atoms with Gasteiger partial charge in [0, 0.05) is 31.4 Å². The summed E-state index contributed by atoms with van der Waals surface area (Å²) in [5.74, 6) is 1.80. The molecule has 6 nitrogen and oxygen atoms in total. The molecule has 0 saturated heterocycles. The molecular formula is C18H34N6. The number of hydrogen-bond donors (Lipinski definition) is 2. The Morgan fingerprint density at radius 1 is 1.38 bits per heavy atom. The van der Waals surface area contributed by atoms with Crippen molar-refractivity contribution in [1.82, 2.24) is 25.3 Å². The molecular weight excluding hydrogens is 300 g/mol. The second-order valence-corrected chi connectivity index (χ2v) is 7.25. The van der Waals surface area contributed by atoms with Crippen molar-refractivity contribution in [3.05, 3.63) is 18.0 Å². The highest BCUT2D eigenvalue weighted by molar-refractivity contribution is 5.80. The predicted molar refractivity (Wildman–Crippen MR) is 100 cm³/mol. The van der Waals surface area contributed by atoms with E-state index in [4.69, 9.17) is 4.99 Å². The standard InChI is InChI=1S/C18H34N6/c1-6-19-18(22-16-9-7-14(2)8-10-16)20-12-17(23(3)4)15-11-21-24(5)13-15/h11,13-14,16-17H,6-10,12H2,1-5H3,(H2,19,20,22). The first-order valence-electron chi connectivity index (χ1n) is 9.19. The number of rotatable bonds is 6. The Labute approximate surface area is 146 Å². The number of nitrogens with one attached hydrogen (secondary N) is 2. The van der Waals surface area contributed by atoms with Gasteiger partial charge in [-0.05, 0) is 52.6 Å². The zero-order valence-corrected chi connectivity index (χ0v) is 15.9. The van der Waals surface area contributed by atoms with E-state index >= 15 is 0 Å². The van der Waals surface area contributed by atoms with Gasteiger partial charge in [0.25, 0.3) is 0 Å². The third-order valence-corrected chi connectivity index (χ3v) is 4.86. The molecule has 0 spiro atoms. The Morgan fingerprint density at radius 3 is 2.62 bits per heavy atom. The smallest absolute Gasteiger partial charge is 0.191 e. The van der Waals surface area contributed by atoms with Crippen molar-refractivity contribution in [3.63, 3.8) is 0 Å². The van der Waals surface area contributed by atoms with E-state index in [1.807, 2.05) is 17.9 Å². The summed E-state index contributed by atoms with van der Waals surface area (Å²) in [4.78, 5) is 7.05. The Balaban J connectivity index is 2.00. The van der Waals surface area contributed by atoms with E-state index in [-0.39, 0.29) is 6.04 Å². The van der Waals surface area contributed by atoms with Gasteiger partial charge in [-0.25, -0.2) is 0 Å². The van der Waals surface area contributed by atoms with E-state index in [1.165, 1.54) is 31.2 Å². The molecule has 1 unspecified atom stereocenters. The summed E-state index contributed by atoms with van der Waals surface area (Å²) in [6.45, 7) is 6.07. The molecule has 1 aliphatic rings. The van der Waals surface area contributed by atoms with Crippen LogP contribution in [0, 0.1) is 5.92 Å². The third kappa shape index (κ3) is 5.51. The summed E-state index contributed by atoms with van der Waals surface area (Å²) in [5, 5.41) is 11.3. The molecule has 2 N–H and O–H groups in total. The summed E-state index contributed by atoms with van der Waals surface area (Å²) < 4.78 is 1.85. The zero-order chi connectivity index (χ0) is 17.5. The van der Waals surface area contributed by atoms with Crippen LogP contribution >= 0.6 is 0 Å². The summed E-state index contributed by atoms with van der Waals surface area (Å²) in [5.41, 5.74) is 1.20. The maximum Gasteiger partial charge on any atom is 0.191 e. The molecule has 0 amide bonds. The van der Waals surface area contributed by atoms with Crippen LogP contribution in [-0.4, -0.2) is 53.9 Å². The van der Waals surface area contributed by atoms with Gasteiger partial charge in [-0.1, -0.05) is 6.92 Å². The minimum absolute atomic E-state index is 0.237. The maximum atomic E-state index is 4.85. The lowest BCUT2D eigenvalue weighted by Gasteiger charge is -2.29. The van der Waals surface area contributed by atoms with Crippen molar-refractivity contribution in [1.29, 1.82) is 0 Å². The van der Waals surface area contributed by atoms with Crippen molar-refractivity contribution < 1.29 is 0 Å². The van der Waals surface area contributed by atoms with Gasteiger partial charge < -0.3 is 15.5 Å². The van der Waals surface area contributed by atoms with Crippen molar-refractivity contribution in [2.45, 2.75) is 51.6 Å². The van der Waals surface area contributed by atoms with Gasteiger partial charge in [-0.15, -0.1) is 0 Å². The average Bonchev–Trinajstić information content (AvgIpc) is 2.95. The monoisotopic (exact) mass is 334 g/mol. The van der Waals surface area contributed by atoms with Crippen molar-refractivity contribution in [2.24, 2.45) is 18.0 Å². The number of likely N-dealkylation sites (N-methyl/N-ethyl adjacent to an activating group) is 1. The highest BCUT2D eigenvalue weighted by Crippen LogP contribution is 2.23. The van der Waals surface area contributed by atoms with Crippen LogP contribution < -0.4 is 10.6 Å². The molecule has 0 bridgehead atoms. The summed E-state index contributed by atoms with van der Waals surface area (Å²) in [6, 6.07) is 0.788. The molecule has 2 rings (SSSR count).